The summed E-state index contributed by atoms with van der Waals surface area (Å²) in [6, 6.07) is 10.0. The highest BCUT2D eigenvalue weighted by Crippen LogP contribution is 2.17. The topological polar surface area (TPSA) is 64.1 Å². The molecule has 0 aliphatic carbocycles. The van der Waals surface area contributed by atoms with Gasteiger partial charge < -0.3 is 5.11 Å². The number of hydrogen-bond acceptors (Lipinski definition) is 3. The molecule has 0 spiro atoms. The van der Waals surface area contributed by atoms with Crippen LogP contribution in [-0.2, 0) is 12.3 Å². The lowest BCUT2D eigenvalue weighted by Crippen LogP contribution is -2.34. The minimum atomic E-state index is -1.28. The Balaban J connectivity index is 2.14. The summed E-state index contributed by atoms with van der Waals surface area (Å²) >= 11 is 0. The van der Waals surface area contributed by atoms with E-state index in [0.29, 0.717) is 18.5 Å². The van der Waals surface area contributed by atoms with Gasteiger partial charge in [0.05, 0.1) is 12.7 Å². The molecule has 0 saturated carbocycles. The van der Waals surface area contributed by atoms with E-state index in [2.05, 4.69) is 5.10 Å². The van der Waals surface area contributed by atoms with Crippen LogP contribution in [0.4, 0.5) is 0 Å². The van der Waals surface area contributed by atoms with E-state index in [1.807, 2.05) is 37.3 Å². The minimum absolute atomic E-state index is 0.462. The van der Waals surface area contributed by atoms with Crippen molar-refractivity contribution in [3.8, 4) is 0 Å². The Labute approximate surface area is 101 Å². The van der Waals surface area contributed by atoms with E-state index in [1.54, 1.807) is 17.1 Å². The van der Waals surface area contributed by atoms with Crippen LogP contribution in [0, 0.1) is 0 Å². The van der Waals surface area contributed by atoms with Gasteiger partial charge in [0.25, 0.3) is 0 Å². The number of aliphatic hydroxyl groups is 1. The second-order valence-electron chi connectivity index (χ2n) is 4.19. The van der Waals surface area contributed by atoms with Crippen LogP contribution in [0.2, 0.25) is 0 Å². The Morgan fingerprint density at radius 3 is 2.71 bits per heavy atom. The summed E-state index contributed by atoms with van der Waals surface area (Å²) in [6.45, 7) is 2.52. The maximum atomic E-state index is 9.90. The summed E-state index contributed by atoms with van der Waals surface area (Å²) < 4.78 is 1.78. The van der Waals surface area contributed by atoms with Gasteiger partial charge in [-0.05, 0) is 12.0 Å². The highest BCUT2D eigenvalue weighted by atomic mass is 16.3. The maximum absolute atomic E-state index is 9.90. The van der Waals surface area contributed by atoms with Crippen molar-refractivity contribution >= 4 is 0 Å². The molecule has 1 atom stereocenters. The standard InChI is InChI=1S/C13H17N3O/c1-2-13(14,17)12-8-15-16(10-12)9-11-6-4-3-5-7-11/h3-8,10,17H,2,9,14H2,1H3. The Morgan fingerprint density at radius 1 is 1.35 bits per heavy atom. The molecule has 4 heteroatoms. The first-order chi connectivity index (χ1) is 8.12. The third kappa shape index (κ3) is 2.72. The van der Waals surface area contributed by atoms with Gasteiger partial charge in [-0.25, -0.2) is 0 Å². The Bertz CT molecular complexity index is 476. The zero-order chi connectivity index (χ0) is 12.3. The molecule has 4 nitrogen and oxygen atoms in total. The van der Waals surface area contributed by atoms with Crippen LogP contribution >= 0.6 is 0 Å². The SMILES string of the molecule is CCC(N)(O)c1cnn(Cc2ccccc2)c1. The molecule has 0 amide bonds. The summed E-state index contributed by atoms with van der Waals surface area (Å²) in [6.07, 6.45) is 3.87. The quantitative estimate of drug-likeness (QED) is 0.783. The summed E-state index contributed by atoms with van der Waals surface area (Å²) in [5.41, 5.74) is 6.28. The van der Waals surface area contributed by atoms with Gasteiger partial charge in [-0.15, -0.1) is 0 Å². The minimum Gasteiger partial charge on any atom is -0.372 e. The molecule has 0 bridgehead atoms. The summed E-state index contributed by atoms with van der Waals surface area (Å²) in [4.78, 5) is 0. The van der Waals surface area contributed by atoms with Gasteiger partial charge in [-0.2, -0.15) is 5.10 Å². The zero-order valence-corrected chi connectivity index (χ0v) is 9.87. The van der Waals surface area contributed by atoms with Crippen molar-refractivity contribution in [2.75, 3.05) is 0 Å². The van der Waals surface area contributed by atoms with Crippen molar-refractivity contribution < 1.29 is 5.11 Å². The molecule has 0 aliphatic heterocycles. The first-order valence-electron chi connectivity index (χ1n) is 5.70. The van der Waals surface area contributed by atoms with Gasteiger partial charge in [0.2, 0.25) is 0 Å². The van der Waals surface area contributed by atoms with Crippen LogP contribution in [0.15, 0.2) is 42.7 Å². The van der Waals surface area contributed by atoms with E-state index in [4.69, 9.17) is 5.73 Å². The average molecular weight is 231 g/mol. The monoisotopic (exact) mass is 231 g/mol. The van der Waals surface area contributed by atoms with E-state index in [1.165, 1.54) is 5.56 Å². The molecule has 1 heterocycles. The average Bonchev–Trinajstić information content (AvgIpc) is 2.80. The van der Waals surface area contributed by atoms with Crippen LogP contribution in [0.1, 0.15) is 24.5 Å². The van der Waals surface area contributed by atoms with Crippen LogP contribution in [0.3, 0.4) is 0 Å². The molecule has 2 aromatic rings. The molecule has 0 saturated heterocycles. The van der Waals surface area contributed by atoms with E-state index < -0.39 is 5.72 Å². The van der Waals surface area contributed by atoms with Crippen LogP contribution < -0.4 is 5.73 Å². The zero-order valence-electron chi connectivity index (χ0n) is 9.87. The van der Waals surface area contributed by atoms with E-state index in [-0.39, 0.29) is 0 Å². The van der Waals surface area contributed by atoms with Crippen molar-refractivity contribution in [1.29, 1.82) is 0 Å². The number of nitrogens with two attached hydrogens (primary N) is 1. The number of hydrogen-bond donors (Lipinski definition) is 2. The summed E-state index contributed by atoms with van der Waals surface area (Å²) in [5.74, 6) is 0. The number of rotatable bonds is 4. The van der Waals surface area contributed by atoms with Crippen molar-refractivity contribution in [3.63, 3.8) is 0 Å². The lowest BCUT2D eigenvalue weighted by Gasteiger charge is -2.18. The second-order valence-corrected chi connectivity index (χ2v) is 4.19. The number of aromatic nitrogens is 2. The molecule has 0 radical (unpaired) electrons. The fourth-order valence-corrected chi connectivity index (χ4v) is 1.65. The first kappa shape index (κ1) is 11.8. The Kier molecular flexibility index (Phi) is 3.26. The Hall–Kier alpha value is -1.65. The molecule has 17 heavy (non-hydrogen) atoms. The fourth-order valence-electron chi connectivity index (χ4n) is 1.65. The second kappa shape index (κ2) is 4.69. The van der Waals surface area contributed by atoms with Crippen LogP contribution in [0.5, 0.6) is 0 Å². The fraction of sp³-hybridized carbons (Fsp3) is 0.308. The lowest BCUT2D eigenvalue weighted by atomic mass is 10.1. The van der Waals surface area contributed by atoms with Crippen molar-refractivity contribution in [2.45, 2.75) is 25.6 Å². The number of benzene rings is 1. The van der Waals surface area contributed by atoms with Crippen molar-refractivity contribution in [3.05, 3.63) is 53.9 Å². The molecule has 1 aromatic carbocycles. The predicted molar refractivity (Wildman–Crippen MR) is 66.1 cm³/mol. The molecule has 3 N–H and O–H groups in total. The maximum Gasteiger partial charge on any atom is 0.142 e. The van der Waals surface area contributed by atoms with E-state index in [0.717, 1.165) is 0 Å². The van der Waals surface area contributed by atoms with Crippen LogP contribution in [0.25, 0.3) is 0 Å². The predicted octanol–water partition coefficient (Wildman–Crippen LogP) is 1.45. The molecule has 2 rings (SSSR count). The van der Waals surface area contributed by atoms with Gasteiger partial charge in [0.15, 0.2) is 0 Å². The number of nitrogens with zero attached hydrogens (tertiary/aromatic N) is 2. The highest BCUT2D eigenvalue weighted by Gasteiger charge is 2.22. The molecule has 0 fully saturated rings. The summed E-state index contributed by atoms with van der Waals surface area (Å²) in [5, 5.41) is 14.1. The van der Waals surface area contributed by atoms with Crippen LogP contribution in [-0.4, -0.2) is 14.9 Å². The van der Waals surface area contributed by atoms with Gasteiger partial charge in [0.1, 0.15) is 5.72 Å². The van der Waals surface area contributed by atoms with Gasteiger partial charge in [0, 0.05) is 11.8 Å². The molecule has 1 unspecified atom stereocenters. The van der Waals surface area contributed by atoms with Gasteiger partial charge >= 0.3 is 0 Å². The third-order valence-electron chi connectivity index (χ3n) is 2.86. The van der Waals surface area contributed by atoms with E-state index in [9.17, 15) is 5.11 Å². The van der Waals surface area contributed by atoms with Crippen molar-refractivity contribution in [1.82, 2.24) is 9.78 Å². The molecule has 0 aliphatic rings. The highest BCUT2D eigenvalue weighted by molar-refractivity contribution is 5.17. The smallest absolute Gasteiger partial charge is 0.142 e. The summed E-state index contributed by atoms with van der Waals surface area (Å²) in [7, 11) is 0. The normalized spacial score (nSPS) is 14.5. The van der Waals surface area contributed by atoms with Gasteiger partial charge in [-0.3, -0.25) is 10.4 Å². The van der Waals surface area contributed by atoms with E-state index >= 15 is 0 Å². The Morgan fingerprint density at radius 2 is 2.06 bits per heavy atom. The molecule has 1 aromatic heterocycles. The third-order valence-corrected chi connectivity index (χ3v) is 2.86. The largest absolute Gasteiger partial charge is 0.372 e. The molecular formula is C13H17N3O. The first-order valence-corrected chi connectivity index (χ1v) is 5.70. The molecular weight excluding hydrogens is 214 g/mol. The van der Waals surface area contributed by atoms with Crippen molar-refractivity contribution in [2.24, 2.45) is 5.73 Å². The lowest BCUT2D eigenvalue weighted by molar-refractivity contribution is 0.0394. The molecule has 90 valence electrons. The van der Waals surface area contributed by atoms with Gasteiger partial charge in [-0.1, -0.05) is 37.3 Å².